The van der Waals surface area contributed by atoms with Gasteiger partial charge in [-0.05, 0) is 60.1 Å². The van der Waals surface area contributed by atoms with Crippen molar-refractivity contribution in [3.8, 4) is 0 Å². The van der Waals surface area contributed by atoms with Gasteiger partial charge in [-0.15, -0.1) is 0 Å². The van der Waals surface area contributed by atoms with Gasteiger partial charge in [-0.1, -0.05) is 12.5 Å². The number of nitrogens with zero attached hydrogens (tertiary/aromatic N) is 2. The number of rotatable bonds is 3. The van der Waals surface area contributed by atoms with Gasteiger partial charge in [0.2, 0.25) is 0 Å². The Kier molecular flexibility index (Phi) is 5.63. The number of carbonyl (C=O) groups excluding carboxylic acids is 1. The molecule has 1 aromatic heterocycles. The number of hydrogen-bond donors (Lipinski definition) is 1. The lowest BCUT2D eigenvalue weighted by atomic mass is 9.94. The van der Waals surface area contributed by atoms with Crippen molar-refractivity contribution in [1.29, 1.82) is 0 Å². The fourth-order valence-corrected chi connectivity index (χ4v) is 3.10. The minimum atomic E-state index is -0.520. The Morgan fingerprint density at radius 2 is 2.13 bits per heavy atom. The SMILES string of the molecule is CC(C)N1CCCC[C@H]1c1cccnc1NC(=O)OC(C)(C)C. The Morgan fingerprint density at radius 1 is 1.39 bits per heavy atom. The van der Waals surface area contributed by atoms with E-state index in [1.54, 1.807) is 6.20 Å². The Bertz CT molecular complexity index is 537. The fraction of sp³-hybridized carbons (Fsp3) is 0.667. The second-order valence-electron chi connectivity index (χ2n) is 7.41. The number of nitrogens with one attached hydrogen (secondary N) is 1. The highest BCUT2D eigenvalue weighted by Gasteiger charge is 2.28. The van der Waals surface area contributed by atoms with E-state index in [9.17, 15) is 4.79 Å². The van der Waals surface area contributed by atoms with Crippen molar-refractivity contribution in [2.75, 3.05) is 11.9 Å². The predicted octanol–water partition coefficient (Wildman–Crippen LogP) is 4.36. The summed E-state index contributed by atoms with van der Waals surface area (Å²) < 4.78 is 5.35. The largest absolute Gasteiger partial charge is 0.444 e. The zero-order valence-electron chi connectivity index (χ0n) is 14.9. The van der Waals surface area contributed by atoms with Gasteiger partial charge in [0.25, 0.3) is 0 Å². The molecule has 5 heteroatoms. The minimum absolute atomic E-state index is 0.294. The van der Waals surface area contributed by atoms with Crippen LogP contribution in [0.15, 0.2) is 18.3 Å². The summed E-state index contributed by atoms with van der Waals surface area (Å²) in [6, 6.07) is 4.76. The van der Waals surface area contributed by atoms with Crippen molar-refractivity contribution in [3.05, 3.63) is 23.9 Å². The highest BCUT2D eigenvalue weighted by Crippen LogP contribution is 2.35. The second kappa shape index (κ2) is 7.30. The summed E-state index contributed by atoms with van der Waals surface area (Å²) in [5.74, 6) is 0.610. The number of anilines is 1. The number of amides is 1. The Labute approximate surface area is 139 Å². The van der Waals surface area contributed by atoms with Crippen molar-refractivity contribution in [1.82, 2.24) is 9.88 Å². The summed E-state index contributed by atoms with van der Waals surface area (Å²) in [6.45, 7) is 11.1. The first-order valence-corrected chi connectivity index (χ1v) is 8.48. The van der Waals surface area contributed by atoms with E-state index in [1.807, 2.05) is 26.8 Å². The highest BCUT2D eigenvalue weighted by atomic mass is 16.6. The second-order valence-corrected chi connectivity index (χ2v) is 7.41. The smallest absolute Gasteiger partial charge is 0.413 e. The maximum atomic E-state index is 12.1. The molecule has 23 heavy (non-hydrogen) atoms. The van der Waals surface area contributed by atoms with Crippen LogP contribution in [0.5, 0.6) is 0 Å². The van der Waals surface area contributed by atoms with Gasteiger partial charge in [0.05, 0.1) is 0 Å². The Balaban J connectivity index is 2.21. The molecule has 0 aliphatic carbocycles. The standard InChI is InChI=1S/C18H29N3O2/c1-13(2)21-12-7-6-10-15(21)14-9-8-11-19-16(14)20-17(22)23-18(3,4)5/h8-9,11,13,15H,6-7,10,12H2,1-5H3,(H,19,20,22)/t15-/m0/s1. The molecule has 0 spiro atoms. The molecule has 2 rings (SSSR count). The molecule has 0 aromatic carbocycles. The van der Waals surface area contributed by atoms with Gasteiger partial charge >= 0.3 is 6.09 Å². The fourth-order valence-electron chi connectivity index (χ4n) is 3.10. The third kappa shape index (κ3) is 4.93. The number of piperidine rings is 1. The number of ether oxygens (including phenoxy) is 1. The third-order valence-corrected chi connectivity index (χ3v) is 4.02. The van der Waals surface area contributed by atoms with E-state index >= 15 is 0 Å². The molecule has 1 aliphatic rings. The molecule has 0 unspecified atom stereocenters. The zero-order valence-corrected chi connectivity index (χ0v) is 14.9. The lowest BCUT2D eigenvalue weighted by molar-refractivity contribution is 0.0634. The van der Waals surface area contributed by atoms with E-state index in [-0.39, 0.29) is 0 Å². The van der Waals surface area contributed by atoms with Gasteiger partial charge in [-0.3, -0.25) is 10.2 Å². The van der Waals surface area contributed by atoms with E-state index in [0.717, 1.165) is 18.5 Å². The molecule has 1 amide bonds. The molecule has 0 saturated carbocycles. The topological polar surface area (TPSA) is 54.5 Å². The summed E-state index contributed by atoms with van der Waals surface area (Å²) in [5, 5.41) is 2.82. The average Bonchev–Trinajstić information content (AvgIpc) is 2.45. The summed E-state index contributed by atoms with van der Waals surface area (Å²) in [5.41, 5.74) is 0.556. The first-order chi connectivity index (χ1) is 10.8. The normalized spacial score (nSPS) is 19.7. The molecular formula is C18H29N3O2. The molecule has 1 aliphatic heterocycles. The monoisotopic (exact) mass is 319 g/mol. The van der Waals surface area contributed by atoms with Gasteiger partial charge in [-0.25, -0.2) is 9.78 Å². The first-order valence-electron chi connectivity index (χ1n) is 8.48. The maximum absolute atomic E-state index is 12.1. The van der Waals surface area contributed by atoms with Crippen LogP contribution >= 0.6 is 0 Å². The molecule has 1 fully saturated rings. The molecule has 0 bridgehead atoms. The zero-order chi connectivity index (χ0) is 17.0. The molecule has 1 N–H and O–H groups in total. The van der Waals surface area contributed by atoms with Crippen LogP contribution in [0.25, 0.3) is 0 Å². The van der Waals surface area contributed by atoms with Crippen LogP contribution in [-0.4, -0.2) is 34.2 Å². The lowest BCUT2D eigenvalue weighted by Crippen LogP contribution is -2.39. The van der Waals surface area contributed by atoms with Crippen LogP contribution < -0.4 is 5.32 Å². The van der Waals surface area contributed by atoms with Crippen LogP contribution in [-0.2, 0) is 4.74 Å². The average molecular weight is 319 g/mol. The highest BCUT2D eigenvalue weighted by molar-refractivity contribution is 5.84. The van der Waals surface area contributed by atoms with Crippen LogP contribution in [0.3, 0.4) is 0 Å². The van der Waals surface area contributed by atoms with E-state index in [4.69, 9.17) is 4.74 Å². The number of likely N-dealkylation sites (tertiary alicyclic amines) is 1. The molecular weight excluding hydrogens is 290 g/mol. The van der Waals surface area contributed by atoms with Gasteiger partial charge in [0, 0.05) is 23.8 Å². The van der Waals surface area contributed by atoms with Crippen molar-refractivity contribution in [2.24, 2.45) is 0 Å². The van der Waals surface area contributed by atoms with Crippen molar-refractivity contribution >= 4 is 11.9 Å². The van der Waals surface area contributed by atoms with Gasteiger partial charge in [0.1, 0.15) is 11.4 Å². The lowest BCUT2D eigenvalue weighted by Gasteiger charge is -2.39. The summed E-state index contributed by atoms with van der Waals surface area (Å²) in [7, 11) is 0. The minimum Gasteiger partial charge on any atom is -0.444 e. The van der Waals surface area contributed by atoms with Crippen molar-refractivity contribution in [2.45, 2.75) is 71.6 Å². The maximum Gasteiger partial charge on any atom is 0.413 e. The molecule has 0 radical (unpaired) electrons. The Morgan fingerprint density at radius 3 is 2.78 bits per heavy atom. The van der Waals surface area contributed by atoms with E-state index in [2.05, 4.69) is 35.1 Å². The summed E-state index contributed by atoms with van der Waals surface area (Å²) >= 11 is 0. The number of aromatic nitrogens is 1. The number of hydrogen-bond acceptors (Lipinski definition) is 4. The van der Waals surface area contributed by atoms with E-state index in [0.29, 0.717) is 17.9 Å². The molecule has 2 heterocycles. The predicted molar refractivity (Wildman–Crippen MR) is 92.5 cm³/mol. The van der Waals surface area contributed by atoms with Crippen LogP contribution in [0, 0.1) is 0 Å². The van der Waals surface area contributed by atoms with Crippen LogP contribution in [0.2, 0.25) is 0 Å². The number of pyridine rings is 1. The molecule has 1 saturated heterocycles. The molecule has 5 nitrogen and oxygen atoms in total. The third-order valence-electron chi connectivity index (χ3n) is 4.02. The van der Waals surface area contributed by atoms with Crippen molar-refractivity contribution < 1.29 is 9.53 Å². The summed E-state index contributed by atoms with van der Waals surface area (Å²) in [6.07, 6.45) is 4.77. The first kappa shape index (κ1) is 17.7. The van der Waals surface area contributed by atoms with Crippen molar-refractivity contribution in [3.63, 3.8) is 0 Å². The van der Waals surface area contributed by atoms with Gasteiger partial charge < -0.3 is 4.74 Å². The quantitative estimate of drug-likeness (QED) is 0.899. The summed E-state index contributed by atoms with van der Waals surface area (Å²) in [4.78, 5) is 19.0. The molecule has 1 aromatic rings. The van der Waals surface area contributed by atoms with Gasteiger partial charge in [0.15, 0.2) is 0 Å². The van der Waals surface area contributed by atoms with E-state index in [1.165, 1.54) is 12.8 Å². The van der Waals surface area contributed by atoms with Crippen LogP contribution in [0.1, 0.15) is 65.5 Å². The molecule has 128 valence electrons. The van der Waals surface area contributed by atoms with E-state index < -0.39 is 11.7 Å². The molecule has 1 atom stereocenters. The Hall–Kier alpha value is -1.62. The van der Waals surface area contributed by atoms with Gasteiger partial charge in [-0.2, -0.15) is 0 Å². The van der Waals surface area contributed by atoms with Crippen LogP contribution in [0.4, 0.5) is 10.6 Å². The number of carbonyl (C=O) groups is 1.